The number of rotatable bonds is 3. The highest BCUT2D eigenvalue weighted by Crippen LogP contribution is 2.31. The number of hydrogen-bond donors (Lipinski definition) is 3. The Balaban J connectivity index is 1.79. The van der Waals surface area contributed by atoms with Crippen molar-refractivity contribution >= 4 is 12.0 Å². The van der Waals surface area contributed by atoms with Crippen LogP contribution in [0.4, 0.5) is 0 Å². The average Bonchev–Trinajstić information content (AvgIpc) is 2.94. The van der Waals surface area contributed by atoms with Crippen LogP contribution in [0.3, 0.4) is 0 Å². The van der Waals surface area contributed by atoms with Crippen LogP contribution in [-0.2, 0) is 6.42 Å². The Bertz CT molecular complexity index is 507. The van der Waals surface area contributed by atoms with E-state index in [0.717, 1.165) is 47.0 Å². The van der Waals surface area contributed by atoms with Crippen LogP contribution in [-0.4, -0.2) is 35.3 Å². The fourth-order valence-electron chi connectivity index (χ4n) is 2.60. The summed E-state index contributed by atoms with van der Waals surface area (Å²) in [6.45, 7) is 1.98. The summed E-state index contributed by atoms with van der Waals surface area (Å²) >= 11 is 0.767. The van der Waals surface area contributed by atoms with Gasteiger partial charge in [-0.15, -0.1) is 0 Å². The van der Waals surface area contributed by atoms with Crippen LogP contribution in [0.25, 0.3) is 0 Å². The van der Waals surface area contributed by atoms with Crippen molar-refractivity contribution in [2.75, 3.05) is 19.8 Å². The third kappa shape index (κ3) is 2.39. The van der Waals surface area contributed by atoms with Gasteiger partial charge in [-0.3, -0.25) is 0 Å². The van der Waals surface area contributed by atoms with Gasteiger partial charge in [0.2, 0.25) is 0 Å². The first kappa shape index (κ1) is 12.7. The van der Waals surface area contributed by atoms with Gasteiger partial charge < -0.3 is 25.2 Å². The van der Waals surface area contributed by atoms with Crippen molar-refractivity contribution in [2.45, 2.75) is 17.4 Å². The highest BCUT2D eigenvalue weighted by atomic mass is 32.2. The van der Waals surface area contributed by atoms with Crippen LogP contribution >= 0.6 is 12.0 Å². The van der Waals surface area contributed by atoms with E-state index < -0.39 is 0 Å². The van der Waals surface area contributed by atoms with E-state index >= 15 is 0 Å². The van der Waals surface area contributed by atoms with Gasteiger partial charge in [-0.05, 0) is 30.2 Å². The topological polar surface area (TPSA) is 70.8 Å². The molecule has 0 radical (unpaired) electrons. The predicted octanol–water partition coefficient (Wildman–Crippen LogP) is 1.22. The molecule has 0 amide bonds. The van der Waals surface area contributed by atoms with Crippen LogP contribution in [0, 0.1) is 0 Å². The molecule has 2 aliphatic rings. The van der Waals surface area contributed by atoms with Crippen molar-refractivity contribution in [1.29, 1.82) is 0 Å². The summed E-state index contributed by atoms with van der Waals surface area (Å²) in [5.41, 5.74) is 8.00. The van der Waals surface area contributed by atoms with Gasteiger partial charge in [0, 0.05) is 35.4 Å². The van der Waals surface area contributed by atoms with Crippen molar-refractivity contribution in [3.05, 3.63) is 35.7 Å². The number of nitrogens with zero attached hydrogens (tertiary/aromatic N) is 1. The maximum absolute atomic E-state index is 9.13. The zero-order valence-electron chi connectivity index (χ0n) is 10.5. The van der Waals surface area contributed by atoms with E-state index in [0.29, 0.717) is 13.2 Å². The number of ether oxygens (including phenoxy) is 1. The molecule has 5 nitrogen and oxygen atoms in total. The predicted molar refractivity (Wildman–Crippen MR) is 74.9 cm³/mol. The SMILES string of the molecule is NCC1=CNCN1C1COc2ccc(SO)cc2C1. The molecule has 0 saturated carbocycles. The number of fused-ring (bicyclic) bond motifs is 1. The highest BCUT2D eigenvalue weighted by molar-refractivity contribution is 7.93. The summed E-state index contributed by atoms with van der Waals surface area (Å²) in [6.07, 6.45) is 2.87. The molecule has 0 bridgehead atoms. The molecule has 0 fully saturated rings. The van der Waals surface area contributed by atoms with Crippen molar-refractivity contribution in [3.8, 4) is 5.75 Å². The first-order valence-electron chi connectivity index (χ1n) is 6.28. The lowest BCUT2D eigenvalue weighted by Crippen LogP contribution is -2.43. The fourth-order valence-corrected chi connectivity index (χ4v) is 2.92. The van der Waals surface area contributed by atoms with E-state index in [1.54, 1.807) is 0 Å². The summed E-state index contributed by atoms with van der Waals surface area (Å²) in [5.74, 6) is 0.916. The Morgan fingerprint density at radius 1 is 1.53 bits per heavy atom. The highest BCUT2D eigenvalue weighted by Gasteiger charge is 2.28. The van der Waals surface area contributed by atoms with Crippen LogP contribution < -0.4 is 15.8 Å². The van der Waals surface area contributed by atoms with E-state index in [1.165, 1.54) is 0 Å². The third-order valence-corrected chi connectivity index (χ3v) is 4.04. The second kappa shape index (κ2) is 5.32. The molecule has 6 heteroatoms. The maximum atomic E-state index is 9.13. The van der Waals surface area contributed by atoms with E-state index in [9.17, 15) is 0 Å². The largest absolute Gasteiger partial charge is 0.491 e. The van der Waals surface area contributed by atoms with Crippen LogP contribution in [0.5, 0.6) is 5.75 Å². The lowest BCUT2D eigenvalue weighted by molar-refractivity contribution is 0.153. The Morgan fingerprint density at radius 3 is 3.21 bits per heavy atom. The molecule has 1 atom stereocenters. The van der Waals surface area contributed by atoms with Crippen molar-refractivity contribution < 1.29 is 9.29 Å². The van der Waals surface area contributed by atoms with Crippen molar-refractivity contribution in [3.63, 3.8) is 0 Å². The second-order valence-corrected chi connectivity index (χ2v) is 5.36. The smallest absolute Gasteiger partial charge is 0.122 e. The molecule has 0 spiro atoms. The molecule has 102 valence electrons. The molecule has 0 aromatic heterocycles. The van der Waals surface area contributed by atoms with Crippen LogP contribution in [0.1, 0.15) is 5.56 Å². The van der Waals surface area contributed by atoms with Crippen molar-refractivity contribution in [2.24, 2.45) is 5.73 Å². The van der Waals surface area contributed by atoms with E-state index in [2.05, 4.69) is 10.2 Å². The molecule has 4 N–H and O–H groups in total. The molecule has 1 aromatic carbocycles. The molecule has 0 saturated heterocycles. The van der Waals surface area contributed by atoms with E-state index in [-0.39, 0.29) is 6.04 Å². The zero-order valence-corrected chi connectivity index (χ0v) is 11.3. The Hall–Kier alpha value is -1.37. The zero-order chi connectivity index (χ0) is 13.2. The quantitative estimate of drug-likeness (QED) is 0.723. The monoisotopic (exact) mass is 279 g/mol. The first-order chi connectivity index (χ1) is 9.31. The third-order valence-electron chi connectivity index (χ3n) is 3.57. The minimum Gasteiger partial charge on any atom is -0.491 e. The molecule has 3 rings (SSSR count). The standard InChI is InChI=1S/C13H17N3O2S/c14-5-11-6-15-8-16(11)10-3-9-4-12(19-17)1-2-13(9)18-7-10/h1-2,4,6,10,15,17H,3,5,7-8,14H2. The molecular formula is C13H17N3O2S. The van der Waals surface area contributed by atoms with Gasteiger partial charge in [0.15, 0.2) is 0 Å². The number of benzene rings is 1. The maximum Gasteiger partial charge on any atom is 0.122 e. The van der Waals surface area contributed by atoms with Gasteiger partial charge in [0.25, 0.3) is 0 Å². The molecule has 1 aromatic rings. The normalized spacial score (nSPS) is 21.5. The molecular weight excluding hydrogens is 262 g/mol. The minimum atomic E-state index is 0.288. The van der Waals surface area contributed by atoms with Gasteiger partial charge in [-0.25, -0.2) is 0 Å². The summed E-state index contributed by atoms with van der Waals surface area (Å²) in [6, 6.07) is 6.07. The van der Waals surface area contributed by atoms with E-state index in [1.807, 2.05) is 24.4 Å². The molecule has 2 aliphatic heterocycles. The Kier molecular flexibility index (Phi) is 3.54. The second-order valence-electron chi connectivity index (χ2n) is 4.70. The number of nitrogens with two attached hydrogens (primary N) is 1. The Morgan fingerprint density at radius 2 is 2.42 bits per heavy atom. The fraction of sp³-hybridized carbons (Fsp3) is 0.385. The lowest BCUT2D eigenvalue weighted by Gasteiger charge is -2.34. The van der Waals surface area contributed by atoms with Crippen LogP contribution in [0.2, 0.25) is 0 Å². The number of nitrogens with one attached hydrogen (secondary N) is 1. The van der Waals surface area contributed by atoms with Crippen LogP contribution in [0.15, 0.2) is 35.0 Å². The van der Waals surface area contributed by atoms with Gasteiger partial charge in [-0.2, -0.15) is 0 Å². The average molecular weight is 279 g/mol. The summed E-state index contributed by atoms with van der Waals surface area (Å²) < 4.78 is 14.9. The van der Waals surface area contributed by atoms with Gasteiger partial charge in [-0.1, -0.05) is 0 Å². The minimum absolute atomic E-state index is 0.288. The van der Waals surface area contributed by atoms with E-state index in [4.69, 9.17) is 15.0 Å². The van der Waals surface area contributed by atoms with Crippen molar-refractivity contribution in [1.82, 2.24) is 10.2 Å². The first-order valence-corrected chi connectivity index (χ1v) is 7.05. The summed E-state index contributed by atoms with van der Waals surface area (Å²) in [5, 5.41) is 3.20. The summed E-state index contributed by atoms with van der Waals surface area (Å²) in [7, 11) is 0. The van der Waals surface area contributed by atoms with Gasteiger partial charge in [0.05, 0.1) is 12.7 Å². The Labute approximate surface area is 116 Å². The summed E-state index contributed by atoms with van der Waals surface area (Å²) in [4.78, 5) is 3.10. The van der Waals surface area contributed by atoms with Gasteiger partial charge >= 0.3 is 0 Å². The molecule has 0 aliphatic carbocycles. The molecule has 1 unspecified atom stereocenters. The molecule has 19 heavy (non-hydrogen) atoms. The lowest BCUT2D eigenvalue weighted by atomic mass is 10.0. The molecule has 2 heterocycles. The number of hydrogen-bond acceptors (Lipinski definition) is 6. The van der Waals surface area contributed by atoms with Gasteiger partial charge in [0.1, 0.15) is 12.4 Å².